The number of benzene rings is 2. The SMILES string of the molecule is C=C(C)/C=C(\C)CCCc1ccccc1.C=C(C)c1ccccc1.CCCCCC. The van der Waals surface area contributed by atoms with Gasteiger partial charge in [0.2, 0.25) is 0 Å². The molecule has 0 amide bonds. The summed E-state index contributed by atoms with van der Waals surface area (Å²) in [5.74, 6) is 0. The van der Waals surface area contributed by atoms with Crippen LogP contribution in [0.4, 0.5) is 0 Å². The topological polar surface area (TPSA) is 0 Å². The van der Waals surface area contributed by atoms with Crippen molar-refractivity contribution in [2.24, 2.45) is 0 Å². The summed E-state index contributed by atoms with van der Waals surface area (Å²) in [6.07, 6.45) is 11.3. The van der Waals surface area contributed by atoms with Crippen LogP contribution >= 0.6 is 0 Å². The van der Waals surface area contributed by atoms with Gasteiger partial charge in [0.25, 0.3) is 0 Å². The molecule has 2 aromatic carbocycles. The minimum Gasteiger partial charge on any atom is -0.0961 e. The third kappa shape index (κ3) is 16.6. The van der Waals surface area contributed by atoms with Gasteiger partial charge in [0.15, 0.2) is 0 Å². The van der Waals surface area contributed by atoms with Gasteiger partial charge < -0.3 is 0 Å². The lowest BCUT2D eigenvalue weighted by atomic mass is 10.0. The Bertz CT molecular complexity index is 700. The summed E-state index contributed by atoms with van der Waals surface area (Å²) in [5, 5.41) is 0. The third-order valence-corrected chi connectivity index (χ3v) is 4.60. The first-order chi connectivity index (χ1) is 14.4. The van der Waals surface area contributed by atoms with Gasteiger partial charge in [-0.05, 0) is 51.2 Å². The van der Waals surface area contributed by atoms with Gasteiger partial charge in [-0.1, -0.05) is 136 Å². The predicted molar refractivity (Wildman–Crippen MR) is 139 cm³/mol. The molecule has 0 aromatic heterocycles. The summed E-state index contributed by atoms with van der Waals surface area (Å²) < 4.78 is 0. The number of allylic oxidation sites excluding steroid dienone is 4. The van der Waals surface area contributed by atoms with E-state index in [4.69, 9.17) is 0 Å². The molecule has 0 aliphatic rings. The molecule has 30 heavy (non-hydrogen) atoms. The first-order valence-corrected chi connectivity index (χ1v) is 11.5. The van der Waals surface area contributed by atoms with Crippen LogP contribution in [-0.2, 0) is 6.42 Å². The molecule has 0 saturated heterocycles. The highest BCUT2D eigenvalue weighted by Crippen LogP contribution is 2.11. The summed E-state index contributed by atoms with van der Waals surface area (Å²) in [6, 6.07) is 20.8. The molecule has 0 heterocycles. The van der Waals surface area contributed by atoms with Crippen LogP contribution in [0.25, 0.3) is 5.57 Å². The monoisotopic (exact) mass is 404 g/mol. The smallest absolute Gasteiger partial charge is 0.0233 e. The predicted octanol–water partition coefficient (Wildman–Crippen LogP) is 9.84. The average Bonchev–Trinajstić information content (AvgIpc) is 2.74. The lowest BCUT2D eigenvalue weighted by molar-refractivity contribution is 0.702. The van der Waals surface area contributed by atoms with Crippen molar-refractivity contribution < 1.29 is 0 Å². The lowest BCUT2D eigenvalue weighted by Gasteiger charge is -2.02. The van der Waals surface area contributed by atoms with Gasteiger partial charge in [-0.2, -0.15) is 0 Å². The van der Waals surface area contributed by atoms with Crippen LogP contribution in [0.1, 0.15) is 84.3 Å². The molecule has 0 nitrogen and oxygen atoms in total. The van der Waals surface area contributed by atoms with Crippen LogP contribution in [0, 0.1) is 0 Å². The molecule has 2 aromatic rings. The van der Waals surface area contributed by atoms with E-state index in [1.54, 1.807) is 0 Å². The summed E-state index contributed by atoms with van der Waals surface area (Å²) in [5.41, 5.74) is 6.35. The molecular formula is C30H44. The van der Waals surface area contributed by atoms with Crippen LogP contribution in [-0.4, -0.2) is 0 Å². The van der Waals surface area contributed by atoms with Gasteiger partial charge in [-0.25, -0.2) is 0 Å². The van der Waals surface area contributed by atoms with Crippen LogP contribution in [0.2, 0.25) is 0 Å². The van der Waals surface area contributed by atoms with Crippen LogP contribution in [0.5, 0.6) is 0 Å². The zero-order valence-electron chi connectivity index (χ0n) is 20.2. The Morgan fingerprint density at radius 2 is 1.23 bits per heavy atom. The average molecular weight is 405 g/mol. The van der Waals surface area contributed by atoms with E-state index < -0.39 is 0 Å². The first-order valence-electron chi connectivity index (χ1n) is 11.5. The molecule has 0 heteroatoms. The van der Waals surface area contributed by atoms with Gasteiger partial charge in [0.05, 0.1) is 0 Å². The van der Waals surface area contributed by atoms with Crippen molar-refractivity contribution in [3.05, 3.63) is 102 Å². The Morgan fingerprint density at radius 1 is 0.733 bits per heavy atom. The van der Waals surface area contributed by atoms with E-state index in [0.717, 1.165) is 11.1 Å². The highest BCUT2D eigenvalue weighted by molar-refractivity contribution is 5.60. The van der Waals surface area contributed by atoms with E-state index in [1.807, 2.05) is 32.0 Å². The molecule has 0 aliphatic heterocycles. The quantitative estimate of drug-likeness (QED) is 0.288. The van der Waals surface area contributed by atoms with E-state index in [9.17, 15) is 0 Å². The van der Waals surface area contributed by atoms with Crippen molar-refractivity contribution in [2.45, 2.75) is 79.6 Å². The second kappa shape index (κ2) is 18.7. The maximum Gasteiger partial charge on any atom is -0.0233 e. The number of hydrogen-bond donors (Lipinski definition) is 0. The Kier molecular flexibility index (Phi) is 17.2. The van der Waals surface area contributed by atoms with Gasteiger partial charge >= 0.3 is 0 Å². The van der Waals surface area contributed by atoms with Crippen LogP contribution in [0.15, 0.2) is 91.0 Å². The van der Waals surface area contributed by atoms with Crippen LogP contribution in [0.3, 0.4) is 0 Å². The number of rotatable bonds is 9. The van der Waals surface area contributed by atoms with Gasteiger partial charge in [0, 0.05) is 0 Å². The highest BCUT2D eigenvalue weighted by atomic mass is 14.0. The van der Waals surface area contributed by atoms with E-state index in [2.05, 4.69) is 82.5 Å². The molecule has 2 rings (SSSR count). The van der Waals surface area contributed by atoms with Gasteiger partial charge in [-0.15, -0.1) is 0 Å². The van der Waals surface area contributed by atoms with Crippen molar-refractivity contribution >= 4 is 5.57 Å². The molecule has 0 spiro atoms. The second-order valence-corrected chi connectivity index (χ2v) is 8.03. The van der Waals surface area contributed by atoms with E-state index in [1.165, 1.54) is 61.6 Å². The fourth-order valence-corrected chi connectivity index (χ4v) is 2.93. The Balaban J connectivity index is 0.000000475. The lowest BCUT2D eigenvalue weighted by Crippen LogP contribution is -1.86. The van der Waals surface area contributed by atoms with Crippen LogP contribution < -0.4 is 0 Å². The zero-order valence-corrected chi connectivity index (χ0v) is 20.2. The van der Waals surface area contributed by atoms with Crippen molar-refractivity contribution in [1.82, 2.24) is 0 Å². The minimum atomic E-state index is 1.12. The highest BCUT2D eigenvalue weighted by Gasteiger charge is 1.93. The Morgan fingerprint density at radius 3 is 1.63 bits per heavy atom. The zero-order chi connectivity index (χ0) is 22.6. The molecule has 0 unspecified atom stereocenters. The molecule has 0 atom stereocenters. The summed E-state index contributed by atoms with van der Waals surface area (Å²) in [4.78, 5) is 0. The maximum absolute atomic E-state index is 3.88. The standard InChI is InChI=1S/C15H20.C9H10.C6H14/c1-13(2)12-14(3)8-7-11-15-9-5-4-6-10-15;1-8(2)9-6-4-3-5-7-9;1-3-5-6-4-2/h4-6,9-10,12H,1,7-8,11H2,2-3H3;3-7H,1H2,2H3;3-6H2,1-2H3/b14-12+;;. The summed E-state index contributed by atoms with van der Waals surface area (Å²) >= 11 is 0. The molecule has 0 fully saturated rings. The molecule has 164 valence electrons. The second-order valence-electron chi connectivity index (χ2n) is 8.03. The Hall–Kier alpha value is -2.34. The third-order valence-electron chi connectivity index (χ3n) is 4.60. The number of hydrogen-bond acceptors (Lipinski definition) is 0. The van der Waals surface area contributed by atoms with Gasteiger partial charge in [0.1, 0.15) is 0 Å². The fourth-order valence-electron chi connectivity index (χ4n) is 2.93. The van der Waals surface area contributed by atoms with Crippen molar-refractivity contribution in [2.75, 3.05) is 0 Å². The van der Waals surface area contributed by atoms with Gasteiger partial charge in [-0.3, -0.25) is 0 Å². The summed E-state index contributed by atoms with van der Waals surface area (Å²) in [6.45, 7) is 18.4. The molecule has 0 bridgehead atoms. The summed E-state index contributed by atoms with van der Waals surface area (Å²) in [7, 11) is 0. The largest absolute Gasteiger partial charge is 0.0961 e. The maximum atomic E-state index is 3.88. The molecular weight excluding hydrogens is 360 g/mol. The van der Waals surface area contributed by atoms with Crippen molar-refractivity contribution in [3.8, 4) is 0 Å². The Labute approximate surface area is 187 Å². The first kappa shape index (κ1) is 27.7. The van der Waals surface area contributed by atoms with E-state index >= 15 is 0 Å². The molecule has 0 aliphatic carbocycles. The molecule has 0 saturated carbocycles. The minimum absolute atomic E-state index is 1.12. The van der Waals surface area contributed by atoms with E-state index in [-0.39, 0.29) is 0 Å². The normalized spacial score (nSPS) is 10.2. The number of aryl methyl sites for hydroxylation is 1. The fraction of sp³-hybridized carbons (Fsp3) is 0.400. The van der Waals surface area contributed by atoms with Crippen molar-refractivity contribution in [3.63, 3.8) is 0 Å². The van der Waals surface area contributed by atoms with Crippen molar-refractivity contribution in [1.29, 1.82) is 0 Å². The molecule has 0 N–H and O–H groups in total. The number of unbranched alkanes of at least 4 members (excludes halogenated alkanes) is 3. The molecule has 0 radical (unpaired) electrons. The van der Waals surface area contributed by atoms with E-state index in [0.29, 0.717) is 0 Å².